The predicted molar refractivity (Wildman–Crippen MR) is 140 cm³/mol. The molecule has 0 unspecified atom stereocenters. The molecule has 1 aliphatic heterocycles. The number of nitrogens with zero attached hydrogens (tertiary/aromatic N) is 4. The Hall–Kier alpha value is -4.37. The molecule has 0 radical (unpaired) electrons. The van der Waals surface area contributed by atoms with Crippen molar-refractivity contribution in [1.29, 1.82) is 0 Å². The summed E-state index contributed by atoms with van der Waals surface area (Å²) in [6.45, 7) is 4.38. The van der Waals surface area contributed by atoms with Crippen molar-refractivity contribution in [2.24, 2.45) is 0 Å². The minimum absolute atomic E-state index is 0.0480. The fraction of sp³-hybridized carbons (Fsp3) is 0.250. The van der Waals surface area contributed by atoms with Gasteiger partial charge >= 0.3 is 0 Å². The lowest BCUT2D eigenvalue weighted by molar-refractivity contribution is 0.0590. The van der Waals surface area contributed by atoms with Crippen molar-refractivity contribution in [3.05, 3.63) is 85.1 Å². The molecular formula is C28H29N5O4. The van der Waals surface area contributed by atoms with Crippen molar-refractivity contribution >= 4 is 17.5 Å². The highest BCUT2D eigenvalue weighted by molar-refractivity contribution is 5.91. The standard InChI is InChI=1S/C28H29N5O4/c1-35-24-8-4-21(5-9-24)22-19-29-28(30-20-22)31-23-6-10-25(11-7-23)36-18-16-32-12-14-33(15-13-32)27(34)26-3-2-17-37-26/h2-11,17,19-20H,12-16,18H2,1H3,(H,29,30,31). The Morgan fingerprint density at radius 2 is 1.62 bits per heavy atom. The minimum atomic E-state index is -0.0480. The zero-order valence-electron chi connectivity index (χ0n) is 20.7. The zero-order valence-corrected chi connectivity index (χ0v) is 20.7. The molecule has 0 saturated carbocycles. The Morgan fingerprint density at radius 1 is 0.919 bits per heavy atom. The van der Waals surface area contributed by atoms with E-state index in [1.165, 1.54) is 6.26 Å². The Balaban J connectivity index is 1.05. The van der Waals surface area contributed by atoms with Crippen molar-refractivity contribution in [2.45, 2.75) is 0 Å². The second-order valence-corrected chi connectivity index (χ2v) is 8.63. The quantitative estimate of drug-likeness (QED) is 0.364. The molecule has 5 rings (SSSR count). The molecule has 0 atom stereocenters. The molecule has 9 nitrogen and oxygen atoms in total. The van der Waals surface area contributed by atoms with Crippen LogP contribution in [0.3, 0.4) is 0 Å². The summed E-state index contributed by atoms with van der Waals surface area (Å²) in [7, 11) is 1.65. The smallest absolute Gasteiger partial charge is 0.289 e. The van der Waals surface area contributed by atoms with Gasteiger partial charge in [-0.25, -0.2) is 9.97 Å². The van der Waals surface area contributed by atoms with Crippen molar-refractivity contribution in [2.75, 3.05) is 51.8 Å². The van der Waals surface area contributed by atoms with Gasteiger partial charge in [-0.3, -0.25) is 9.69 Å². The Labute approximate surface area is 215 Å². The van der Waals surface area contributed by atoms with Gasteiger partial charge in [-0.05, 0) is 54.1 Å². The number of anilines is 2. The molecule has 0 spiro atoms. The normalized spacial score (nSPS) is 13.8. The molecule has 1 fully saturated rings. The largest absolute Gasteiger partial charge is 0.497 e. The van der Waals surface area contributed by atoms with Gasteiger partial charge in [0.2, 0.25) is 5.95 Å². The molecule has 2 aromatic heterocycles. The molecule has 1 aliphatic rings. The predicted octanol–water partition coefficient (Wildman–Crippen LogP) is 4.33. The van der Waals surface area contributed by atoms with Crippen LogP contribution in [0.5, 0.6) is 11.5 Å². The molecule has 1 amide bonds. The van der Waals surface area contributed by atoms with Crippen LogP contribution < -0.4 is 14.8 Å². The van der Waals surface area contributed by atoms with E-state index < -0.39 is 0 Å². The number of aromatic nitrogens is 2. The number of amides is 1. The molecule has 190 valence electrons. The molecule has 37 heavy (non-hydrogen) atoms. The summed E-state index contributed by atoms with van der Waals surface area (Å²) < 4.78 is 16.3. The van der Waals surface area contributed by atoms with Crippen LogP contribution in [-0.2, 0) is 0 Å². The van der Waals surface area contributed by atoms with E-state index in [1.54, 1.807) is 31.6 Å². The van der Waals surface area contributed by atoms with Gasteiger partial charge in [-0.15, -0.1) is 0 Å². The summed E-state index contributed by atoms with van der Waals surface area (Å²) in [4.78, 5) is 25.4. The van der Waals surface area contributed by atoms with Crippen molar-refractivity contribution < 1.29 is 18.7 Å². The van der Waals surface area contributed by atoms with Gasteiger partial charge in [0.25, 0.3) is 5.91 Å². The number of hydrogen-bond acceptors (Lipinski definition) is 8. The summed E-state index contributed by atoms with van der Waals surface area (Å²) in [6.07, 6.45) is 5.11. The second-order valence-electron chi connectivity index (χ2n) is 8.63. The maximum absolute atomic E-state index is 12.4. The Morgan fingerprint density at radius 3 is 2.27 bits per heavy atom. The van der Waals surface area contributed by atoms with E-state index >= 15 is 0 Å². The van der Waals surface area contributed by atoms with E-state index in [4.69, 9.17) is 13.9 Å². The number of ether oxygens (including phenoxy) is 2. The molecule has 1 saturated heterocycles. The number of piperazine rings is 1. The van der Waals surface area contributed by atoms with Crippen molar-refractivity contribution in [3.63, 3.8) is 0 Å². The van der Waals surface area contributed by atoms with Crippen LogP contribution in [0.2, 0.25) is 0 Å². The van der Waals surface area contributed by atoms with Crippen LogP contribution in [0.15, 0.2) is 83.7 Å². The number of benzene rings is 2. The highest BCUT2D eigenvalue weighted by Gasteiger charge is 2.23. The highest BCUT2D eigenvalue weighted by atomic mass is 16.5. The lowest BCUT2D eigenvalue weighted by Crippen LogP contribution is -2.49. The number of hydrogen-bond donors (Lipinski definition) is 1. The topological polar surface area (TPSA) is 93.0 Å². The summed E-state index contributed by atoms with van der Waals surface area (Å²) >= 11 is 0. The molecular weight excluding hydrogens is 470 g/mol. The summed E-state index contributed by atoms with van der Waals surface area (Å²) in [5.41, 5.74) is 2.84. The first-order valence-corrected chi connectivity index (χ1v) is 12.2. The molecule has 4 aromatic rings. The van der Waals surface area contributed by atoms with E-state index in [0.29, 0.717) is 31.4 Å². The maximum atomic E-state index is 12.4. The molecule has 0 bridgehead atoms. The molecule has 9 heteroatoms. The second kappa shape index (κ2) is 11.6. The zero-order chi connectivity index (χ0) is 25.5. The van der Waals surface area contributed by atoms with Gasteiger partial charge in [0, 0.05) is 56.4 Å². The number of furan rings is 1. The lowest BCUT2D eigenvalue weighted by Gasteiger charge is -2.34. The first kappa shape index (κ1) is 24.3. The summed E-state index contributed by atoms with van der Waals surface area (Å²) in [5.74, 6) is 2.48. The monoisotopic (exact) mass is 499 g/mol. The molecule has 2 aromatic carbocycles. The fourth-order valence-corrected chi connectivity index (χ4v) is 4.11. The average Bonchev–Trinajstić information content (AvgIpc) is 3.50. The summed E-state index contributed by atoms with van der Waals surface area (Å²) in [6, 6.07) is 19.0. The first-order valence-electron chi connectivity index (χ1n) is 12.2. The van der Waals surface area contributed by atoms with Gasteiger partial charge in [-0.1, -0.05) is 12.1 Å². The third-order valence-electron chi connectivity index (χ3n) is 6.25. The fourth-order valence-electron chi connectivity index (χ4n) is 4.11. The van der Waals surface area contributed by atoms with Crippen LogP contribution in [0.4, 0.5) is 11.6 Å². The molecule has 3 heterocycles. The summed E-state index contributed by atoms with van der Waals surface area (Å²) in [5, 5.41) is 3.21. The number of carbonyl (C=O) groups is 1. The minimum Gasteiger partial charge on any atom is -0.497 e. The first-order chi connectivity index (χ1) is 18.2. The van der Waals surface area contributed by atoms with E-state index in [0.717, 1.165) is 47.9 Å². The van der Waals surface area contributed by atoms with E-state index in [-0.39, 0.29) is 5.91 Å². The highest BCUT2D eigenvalue weighted by Crippen LogP contribution is 2.23. The van der Waals surface area contributed by atoms with Crippen LogP contribution >= 0.6 is 0 Å². The lowest BCUT2D eigenvalue weighted by atomic mass is 10.1. The van der Waals surface area contributed by atoms with Crippen molar-refractivity contribution in [3.8, 4) is 22.6 Å². The van der Waals surface area contributed by atoms with Crippen LogP contribution in [0, 0.1) is 0 Å². The van der Waals surface area contributed by atoms with Gasteiger partial charge in [0.05, 0.1) is 13.4 Å². The number of methoxy groups -OCH3 is 1. The van der Waals surface area contributed by atoms with Crippen LogP contribution in [-0.4, -0.2) is 72.1 Å². The Kier molecular flexibility index (Phi) is 7.61. The molecule has 0 aliphatic carbocycles. The van der Waals surface area contributed by atoms with Crippen molar-refractivity contribution in [1.82, 2.24) is 19.8 Å². The number of nitrogens with one attached hydrogen (secondary N) is 1. The van der Waals surface area contributed by atoms with Gasteiger partial charge < -0.3 is 24.1 Å². The maximum Gasteiger partial charge on any atom is 0.289 e. The average molecular weight is 500 g/mol. The third-order valence-corrected chi connectivity index (χ3v) is 6.25. The number of carbonyl (C=O) groups excluding carboxylic acids is 1. The Bertz CT molecular complexity index is 1270. The SMILES string of the molecule is COc1ccc(-c2cnc(Nc3ccc(OCCN4CCN(C(=O)c5ccco5)CC4)cc3)nc2)cc1. The number of rotatable bonds is 9. The third kappa shape index (κ3) is 6.25. The van der Waals surface area contributed by atoms with E-state index in [2.05, 4.69) is 20.2 Å². The van der Waals surface area contributed by atoms with Gasteiger partial charge in [0.15, 0.2) is 5.76 Å². The molecule has 1 N–H and O–H groups in total. The van der Waals surface area contributed by atoms with Gasteiger partial charge in [-0.2, -0.15) is 0 Å². The van der Waals surface area contributed by atoms with Crippen LogP contribution in [0.25, 0.3) is 11.1 Å². The van der Waals surface area contributed by atoms with Gasteiger partial charge in [0.1, 0.15) is 18.1 Å². The van der Waals surface area contributed by atoms with E-state index in [1.807, 2.05) is 53.4 Å². The van der Waals surface area contributed by atoms with E-state index in [9.17, 15) is 4.79 Å². The van der Waals surface area contributed by atoms with Crippen LogP contribution in [0.1, 0.15) is 10.6 Å².